The van der Waals surface area contributed by atoms with Crippen molar-refractivity contribution < 1.29 is 9.47 Å². The Morgan fingerprint density at radius 2 is 1.76 bits per heavy atom. The fraction of sp³-hybridized carbons (Fsp3) is 0.367. The molecule has 3 aliphatic rings. The van der Waals surface area contributed by atoms with E-state index in [2.05, 4.69) is 79.5 Å². The molecule has 3 aromatic carbocycles. The van der Waals surface area contributed by atoms with Gasteiger partial charge in [0.1, 0.15) is 0 Å². The van der Waals surface area contributed by atoms with Gasteiger partial charge in [0.05, 0.1) is 18.9 Å². The highest BCUT2D eigenvalue weighted by atomic mass is 16.5. The lowest BCUT2D eigenvalue weighted by molar-refractivity contribution is -0.143. The molecule has 0 radical (unpaired) electrons. The van der Waals surface area contributed by atoms with E-state index in [0.29, 0.717) is 5.92 Å². The summed E-state index contributed by atoms with van der Waals surface area (Å²) in [7, 11) is 1.73. The molecule has 1 fully saturated rings. The van der Waals surface area contributed by atoms with Crippen molar-refractivity contribution >= 4 is 5.71 Å². The fourth-order valence-corrected chi connectivity index (χ4v) is 6.10. The van der Waals surface area contributed by atoms with Gasteiger partial charge in [-0.3, -0.25) is 0 Å². The van der Waals surface area contributed by atoms with E-state index in [1.54, 1.807) is 7.11 Å². The van der Waals surface area contributed by atoms with Crippen molar-refractivity contribution in [3.63, 3.8) is 0 Å². The number of fused-ring (bicyclic) bond motifs is 4. The molecular weight excluding hydrogens is 420 g/mol. The fourth-order valence-electron chi connectivity index (χ4n) is 6.10. The Bertz CT molecular complexity index is 1240. The molecule has 0 aromatic heterocycles. The smallest absolute Gasteiger partial charge is 0.198 e. The highest BCUT2D eigenvalue weighted by molar-refractivity contribution is 6.03. The number of ether oxygens (including phenoxy) is 2. The maximum atomic E-state index is 6.91. The standard InChI is InChI=1S/C30H32N2O2/c1-20-12-13-21(2)25(18-20)26-19-27-24-10-7-11-28(33-3)29(24)34-30(32(27)31-26)16-14-23(15-17-30)22-8-5-4-6-9-22/h4-13,18,23,27H,14-17,19H2,1-3H3/t23?,27-,30?/m0/s1. The van der Waals surface area contributed by atoms with Crippen LogP contribution < -0.4 is 9.47 Å². The van der Waals surface area contributed by atoms with Crippen LogP contribution in [-0.4, -0.2) is 23.6 Å². The Hall–Kier alpha value is -3.27. The summed E-state index contributed by atoms with van der Waals surface area (Å²) in [5, 5.41) is 7.61. The number of benzene rings is 3. The molecule has 1 atom stereocenters. The van der Waals surface area contributed by atoms with Gasteiger partial charge in [0, 0.05) is 30.4 Å². The molecule has 1 saturated carbocycles. The summed E-state index contributed by atoms with van der Waals surface area (Å²) in [5.41, 5.74) is 7.14. The molecule has 6 rings (SSSR count). The summed E-state index contributed by atoms with van der Waals surface area (Å²) in [6, 6.07) is 24.0. The number of aryl methyl sites for hydroxylation is 2. The first-order valence-electron chi connectivity index (χ1n) is 12.4. The molecule has 0 bridgehead atoms. The van der Waals surface area contributed by atoms with Gasteiger partial charge < -0.3 is 9.47 Å². The van der Waals surface area contributed by atoms with Crippen LogP contribution in [0.25, 0.3) is 0 Å². The van der Waals surface area contributed by atoms with E-state index in [1.165, 1.54) is 27.8 Å². The molecule has 174 valence electrons. The minimum absolute atomic E-state index is 0.169. The number of para-hydroxylation sites is 1. The first-order chi connectivity index (χ1) is 16.6. The van der Waals surface area contributed by atoms with E-state index in [0.717, 1.165) is 49.3 Å². The quantitative estimate of drug-likeness (QED) is 0.433. The number of hydrogen-bond donors (Lipinski definition) is 0. The maximum Gasteiger partial charge on any atom is 0.198 e. The molecule has 1 spiro atoms. The van der Waals surface area contributed by atoms with Crippen LogP contribution in [0.2, 0.25) is 0 Å². The molecule has 2 heterocycles. The first kappa shape index (κ1) is 21.3. The summed E-state index contributed by atoms with van der Waals surface area (Å²) in [4.78, 5) is 0. The van der Waals surface area contributed by atoms with Crippen LogP contribution in [0.15, 0.2) is 71.8 Å². The molecule has 0 unspecified atom stereocenters. The monoisotopic (exact) mass is 452 g/mol. The van der Waals surface area contributed by atoms with Gasteiger partial charge in [0.15, 0.2) is 17.2 Å². The topological polar surface area (TPSA) is 34.1 Å². The maximum absolute atomic E-state index is 6.91. The summed E-state index contributed by atoms with van der Waals surface area (Å²) in [5.74, 6) is 2.29. The second-order valence-corrected chi connectivity index (χ2v) is 10.0. The van der Waals surface area contributed by atoms with Crippen LogP contribution in [0.4, 0.5) is 0 Å². The summed E-state index contributed by atoms with van der Waals surface area (Å²) in [6.45, 7) is 4.34. The number of hydrogen-bond acceptors (Lipinski definition) is 4. The van der Waals surface area contributed by atoms with Crippen molar-refractivity contribution in [3.05, 3.63) is 94.5 Å². The largest absolute Gasteiger partial charge is 0.493 e. The molecule has 4 heteroatoms. The third-order valence-corrected chi connectivity index (χ3v) is 7.95. The van der Waals surface area contributed by atoms with Crippen molar-refractivity contribution in [1.29, 1.82) is 0 Å². The van der Waals surface area contributed by atoms with E-state index in [-0.39, 0.29) is 6.04 Å². The predicted molar refractivity (Wildman–Crippen MR) is 136 cm³/mol. The second kappa shape index (κ2) is 8.19. The molecule has 1 aliphatic carbocycles. The van der Waals surface area contributed by atoms with Crippen LogP contribution in [0.3, 0.4) is 0 Å². The lowest BCUT2D eigenvalue weighted by Crippen LogP contribution is -2.55. The second-order valence-electron chi connectivity index (χ2n) is 10.0. The van der Waals surface area contributed by atoms with Gasteiger partial charge >= 0.3 is 0 Å². The zero-order valence-electron chi connectivity index (χ0n) is 20.3. The average molecular weight is 453 g/mol. The summed E-state index contributed by atoms with van der Waals surface area (Å²) < 4.78 is 12.7. The SMILES string of the molecule is COc1cccc2c1OC1(CCC(c3ccccc3)CC1)N1N=C(c3cc(C)ccc3C)C[C@@H]21. The van der Waals surface area contributed by atoms with Gasteiger partial charge in [-0.15, -0.1) is 0 Å². The van der Waals surface area contributed by atoms with Crippen LogP contribution in [0.1, 0.15) is 71.9 Å². The van der Waals surface area contributed by atoms with Crippen LogP contribution >= 0.6 is 0 Å². The van der Waals surface area contributed by atoms with Crippen LogP contribution in [-0.2, 0) is 0 Å². The van der Waals surface area contributed by atoms with Crippen molar-refractivity contribution in [1.82, 2.24) is 5.01 Å². The Morgan fingerprint density at radius 3 is 2.53 bits per heavy atom. The van der Waals surface area contributed by atoms with Gasteiger partial charge in [-0.25, -0.2) is 5.01 Å². The molecule has 0 N–H and O–H groups in total. The summed E-state index contributed by atoms with van der Waals surface area (Å²) in [6.07, 6.45) is 4.96. The van der Waals surface area contributed by atoms with Gasteiger partial charge in [0.25, 0.3) is 0 Å². The van der Waals surface area contributed by atoms with Crippen molar-refractivity contribution in [2.24, 2.45) is 5.10 Å². The van der Waals surface area contributed by atoms with Gasteiger partial charge in [-0.1, -0.05) is 60.2 Å². The molecule has 4 nitrogen and oxygen atoms in total. The Balaban J connectivity index is 1.40. The third-order valence-electron chi connectivity index (χ3n) is 7.95. The van der Waals surface area contributed by atoms with E-state index in [1.807, 2.05) is 6.07 Å². The van der Waals surface area contributed by atoms with E-state index in [9.17, 15) is 0 Å². The number of nitrogens with zero attached hydrogens (tertiary/aromatic N) is 2. The number of methoxy groups -OCH3 is 1. The normalized spacial score (nSPS) is 25.4. The lowest BCUT2D eigenvalue weighted by atomic mass is 9.78. The zero-order valence-corrected chi connectivity index (χ0v) is 20.3. The Morgan fingerprint density at radius 1 is 0.971 bits per heavy atom. The predicted octanol–water partition coefficient (Wildman–Crippen LogP) is 6.91. The van der Waals surface area contributed by atoms with Gasteiger partial charge in [0.2, 0.25) is 0 Å². The molecule has 0 amide bonds. The Labute approximate surface area is 202 Å². The molecule has 2 aliphatic heterocycles. The first-order valence-corrected chi connectivity index (χ1v) is 12.4. The highest BCUT2D eigenvalue weighted by Crippen LogP contribution is 2.55. The lowest BCUT2D eigenvalue weighted by Gasteiger charge is -2.50. The number of hydrazone groups is 1. The highest BCUT2D eigenvalue weighted by Gasteiger charge is 2.52. The van der Waals surface area contributed by atoms with E-state index >= 15 is 0 Å². The molecule has 3 aromatic rings. The van der Waals surface area contributed by atoms with Crippen LogP contribution in [0.5, 0.6) is 11.5 Å². The summed E-state index contributed by atoms with van der Waals surface area (Å²) >= 11 is 0. The molecular formula is C30H32N2O2. The van der Waals surface area contributed by atoms with Gasteiger partial charge in [-0.05, 0) is 55.9 Å². The molecule has 34 heavy (non-hydrogen) atoms. The third kappa shape index (κ3) is 3.39. The zero-order chi connectivity index (χ0) is 23.3. The van der Waals surface area contributed by atoms with E-state index in [4.69, 9.17) is 14.6 Å². The molecule has 0 saturated heterocycles. The van der Waals surface area contributed by atoms with Crippen molar-refractivity contribution in [2.45, 2.75) is 63.6 Å². The van der Waals surface area contributed by atoms with Crippen molar-refractivity contribution in [2.75, 3.05) is 7.11 Å². The van der Waals surface area contributed by atoms with Crippen LogP contribution in [0, 0.1) is 13.8 Å². The number of rotatable bonds is 3. The van der Waals surface area contributed by atoms with Crippen molar-refractivity contribution in [3.8, 4) is 11.5 Å². The van der Waals surface area contributed by atoms with Gasteiger partial charge in [-0.2, -0.15) is 5.10 Å². The van der Waals surface area contributed by atoms with E-state index < -0.39 is 5.72 Å². The Kier molecular flexibility index (Phi) is 5.13. The minimum atomic E-state index is -0.433. The minimum Gasteiger partial charge on any atom is -0.493 e. The average Bonchev–Trinajstić information content (AvgIpc) is 3.33.